The summed E-state index contributed by atoms with van der Waals surface area (Å²) in [6.45, 7) is 0.871. The Morgan fingerprint density at radius 2 is 2.00 bits per heavy atom. The molecule has 0 saturated heterocycles. The van der Waals surface area contributed by atoms with Gasteiger partial charge in [-0.1, -0.05) is 12.0 Å². The molecule has 7 heteroatoms. The van der Waals surface area contributed by atoms with E-state index in [9.17, 15) is 0 Å². The molecule has 0 saturated carbocycles. The molecule has 1 aromatic heterocycles. The summed E-state index contributed by atoms with van der Waals surface area (Å²) in [7, 11) is 3.30. The number of benzene rings is 2. The van der Waals surface area contributed by atoms with Crippen molar-refractivity contribution in [3.05, 3.63) is 48.3 Å². The van der Waals surface area contributed by atoms with E-state index < -0.39 is 0 Å². The van der Waals surface area contributed by atoms with E-state index in [1.165, 1.54) is 6.33 Å². The Morgan fingerprint density at radius 1 is 1.11 bits per heavy atom. The number of terminal acetylenes is 1. The highest BCUT2D eigenvalue weighted by molar-refractivity contribution is 5.93. The summed E-state index contributed by atoms with van der Waals surface area (Å²) in [6, 6.07) is 11.2. The molecule has 0 amide bonds. The van der Waals surface area contributed by atoms with E-state index in [4.69, 9.17) is 20.7 Å². The number of hydrogen-bond donors (Lipinski definition) is 2. The summed E-state index contributed by atoms with van der Waals surface area (Å²) in [5.41, 5.74) is 5.01. The Morgan fingerprint density at radius 3 is 2.78 bits per heavy atom. The Balaban J connectivity index is 1.98. The zero-order valence-corrected chi connectivity index (χ0v) is 15.2. The van der Waals surface area contributed by atoms with Gasteiger partial charge < -0.3 is 19.6 Å². The molecule has 138 valence electrons. The molecule has 27 heavy (non-hydrogen) atoms. The molecule has 0 bridgehead atoms. The number of hydroxylamine groups is 1. The molecule has 7 nitrogen and oxygen atoms in total. The third-order valence-corrected chi connectivity index (χ3v) is 3.75. The van der Waals surface area contributed by atoms with Gasteiger partial charge in [-0.05, 0) is 24.3 Å². The third kappa shape index (κ3) is 4.44. The molecule has 0 fully saturated rings. The average Bonchev–Trinajstić information content (AvgIpc) is 2.69. The second-order valence-corrected chi connectivity index (χ2v) is 5.54. The first-order chi connectivity index (χ1) is 13.2. The van der Waals surface area contributed by atoms with Crippen molar-refractivity contribution >= 4 is 22.4 Å². The van der Waals surface area contributed by atoms with Gasteiger partial charge in [0.15, 0.2) is 11.5 Å². The summed E-state index contributed by atoms with van der Waals surface area (Å²) in [5, 5.41) is 4.06. The minimum absolute atomic E-state index is 0.400. The minimum atomic E-state index is 0.400. The zero-order chi connectivity index (χ0) is 19.1. The quantitative estimate of drug-likeness (QED) is 0.361. The van der Waals surface area contributed by atoms with E-state index in [-0.39, 0.29) is 0 Å². The molecule has 0 radical (unpaired) electrons. The van der Waals surface area contributed by atoms with Gasteiger partial charge in [0.2, 0.25) is 0 Å². The number of rotatable bonds is 8. The van der Waals surface area contributed by atoms with Crippen molar-refractivity contribution in [1.29, 1.82) is 0 Å². The van der Waals surface area contributed by atoms with Gasteiger partial charge in [0, 0.05) is 36.9 Å². The highest BCUT2D eigenvalue weighted by atomic mass is 16.7. The number of aromatic nitrogens is 2. The van der Waals surface area contributed by atoms with E-state index in [1.54, 1.807) is 14.2 Å². The van der Waals surface area contributed by atoms with E-state index in [0.29, 0.717) is 30.5 Å². The fourth-order valence-electron chi connectivity index (χ4n) is 2.52. The predicted molar refractivity (Wildman–Crippen MR) is 104 cm³/mol. The van der Waals surface area contributed by atoms with Crippen LogP contribution in [0.4, 0.5) is 11.5 Å². The predicted octanol–water partition coefficient (Wildman–Crippen LogP) is 2.89. The Kier molecular flexibility index (Phi) is 6.05. The van der Waals surface area contributed by atoms with Crippen LogP contribution in [-0.2, 0) is 4.74 Å². The van der Waals surface area contributed by atoms with Crippen LogP contribution >= 0.6 is 0 Å². The molecular weight excluding hydrogens is 344 g/mol. The second kappa shape index (κ2) is 8.85. The fourth-order valence-corrected chi connectivity index (χ4v) is 2.52. The molecular formula is C20H20N4O3. The topological polar surface area (TPSA) is 77.5 Å². The van der Waals surface area contributed by atoms with Crippen LogP contribution in [-0.4, -0.2) is 37.3 Å². The lowest BCUT2D eigenvalue weighted by atomic mass is 10.2. The van der Waals surface area contributed by atoms with Crippen LogP contribution in [0.15, 0.2) is 42.7 Å². The molecule has 0 aliphatic carbocycles. The van der Waals surface area contributed by atoms with Crippen LogP contribution in [0, 0.1) is 12.3 Å². The Labute approximate surface area is 157 Å². The molecule has 0 atom stereocenters. The van der Waals surface area contributed by atoms with Crippen LogP contribution in [0.25, 0.3) is 10.9 Å². The average molecular weight is 364 g/mol. The molecule has 2 aromatic carbocycles. The molecule has 3 rings (SSSR count). The summed E-state index contributed by atoms with van der Waals surface area (Å²) in [4.78, 5) is 14.2. The maximum absolute atomic E-state index is 5.73. The first kappa shape index (κ1) is 18.5. The molecule has 3 aromatic rings. The van der Waals surface area contributed by atoms with Crippen LogP contribution < -0.4 is 20.4 Å². The van der Waals surface area contributed by atoms with E-state index in [2.05, 4.69) is 26.7 Å². The number of ether oxygens (including phenoxy) is 2. The van der Waals surface area contributed by atoms with Gasteiger partial charge in [-0.15, -0.1) is 6.42 Å². The number of methoxy groups -OCH3 is 1. The standard InChI is InChI=1S/C20H20N4O3/c1-4-14-6-5-7-15(10-14)24-20-16-11-19(27-21-2)18(26-9-8-25-3)12-17(16)22-13-23-20/h1,5-7,10-13,21H,8-9H2,2-3H3,(H,22,23,24). The van der Waals surface area contributed by atoms with E-state index in [0.717, 1.165) is 22.2 Å². The maximum Gasteiger partial charge on any atom is 0.189 e. The van der Waals surface area contributed by atoms with Crippen molar-refractivity contribution < 1.29 is 14.3 Å². The largest absolute Gasteiger partial charge is 0.487 e. The Hall–Kier alpha value is -3.34. The first-order valence-electron chi connectivity index (χ1n) is 8.33. The van der Waals surface area contributed by atoms with E-state index >= 15 is 0 Å². The highest BCUT2D eigenvalue weighted by Crippen LogP contribution is 2.34. The second-order valence-electron chi connectivity index (χ2n) is 5.54. The number of nitrogens with one attached hydrogen (secondary N) is 2. The minimum Gasteiger partial charge on any atom is -0.487 e. The van der Waals surface area contributed by atoms with Gasteiger partial charge in [0.25, 0.3) is 0 Å². The summed E-state index contributed by atoms with van der Waals surface area (Å²) in [6.07, 6.45) is 6.97. The van der Waals surface area contributed by atoms with Crippen molar-refractivity contribution in [2.45, 2.75) is 0 Å². The molecule has 0 aliphatic rings. The van der Waals surface area contributed by atoms with Gasteiger partial charge in [-0.25, -0.2) is 9.97 Å². The number of anilines is 2. The maximum atomic E-state index is 5.73. The lowest BCUT2D eigenvalue weighted by Gasteiger charge is -2.14. The first-order valence-corrected chi connectivity index (χ1v) is 8.33. The van der Waals surface area contributed by atoms with Crippen molar-refractivity contribution in [3.8, 4) is 23.8 Å². The van der Waals surface area contributed by atoms with Gasteiger partial charge in [0.05, 0.1) is 12.1 Å². The highest BCUT2D eigenvalue weighted by Gasteiger charge is 2.13. The van der Waals surface area contributed by atoms with Crippen LogP contribution in [0.5, 0.6) is 11.5 Å². The smallest absolute Gasteiger partial charge is 0.189 e. The molecule has 1 heterocycles. The van der Waals surface area contributed by atoms with Gasteiger partial charge in [-0.2, -0.15) is 5.48 Å². The van der Waals surface area contributed by atoms with Crippen molar-refractivity contribution in [2.75, 3.05) is 32.7 Å². The molecule has 0 unspecified atom stereocenters. The van der Waals surface area contributed by atoms with Gasteiger partial charge in [-0.3, -0.25) is 0 Å². The van der Waals surface area contributed by atoms with Crippen molar-refractivity contribution in [2.24, 2.45) is 0 Å². The zero-order valence-electron chi connectivity index (χ0n) is 15.2. The summed E-state index contributed by atoms with van der Waals surface area (Å²) in [5.74, 6) is 4.34. The Bertz CT molecular complexity index is 969. The normalized spacial score (nSPS) is 10.4. The van der Waals surface area contributed by atoms with Crippen molar-refractivity contribution in [1.82, 2.24) is 15.4 Å². The fraction of sp³-hybridized carbons (Fsp3) is 0.200. The van der Waals surface area contributed by atoms with E-state index in [1.807, 2.05) is 36.4 Å². The molecule has 0 spiro atoms. The van der Waals surface area contributed by atoms with Crippen molar-refractivity contribution in [3.63, 3.8) is 0 Å². The SMILES string of the molecule is C#Cc1cccc(Nc2ncnc3cc(OCCOC)c(ONC)cc23)c1. The number of fused-ring (bicyclic) bond motifs is 1. The third-order valence-electron chi connectivity index (χ3n) is 3.75. The lowest BCUT2D eigenvalue weighted by molar-refractivity contribution is 0.140. The number of nitrogens with zero attached hydrogens (tertiary/aromatic N) is 2. The monoisotopic (exact) mass is 364 g/mol. The van der Waals surface area contributed by atoms with Gasteiger partial charge >= 0.3 is 0 Å². The molecule has 2 N–H and O–H groups in total. The molecule has 0 aliphatic heterocycles. The summed E-state index contributed by atoms with van der Waals surface area (Å²) < 4.78 is 10.8. The van der Waals surface area contributed by atoms with Crippen LogP contribution in [0.1, 0.15) is 5.56 Å². The van der Waals surface area contributed by atoms with Crippen LogP contribution in [0.3, 0.4) is 0 Å². The lowest BCUT2D eigenvalue weighted by Crippen LogP contribution is -2.13. The van der Waals surface area contributed by atoms with Gasteiger partial charge in [0.1, 0.15) is 18.8 Å². The van der Waals surface area contributed by atoms with Crippen LogP contribution in [0.2, 0.25) is 0 Å². The number of hydrogen-bond acceptors (Lipinski definition) is 7. The summed E-state index contributed by atoms with van der Waals surface area (Å²) >= 11 is 0.